The van der Waals surface area contributed by atoms with Crippen LogP contribution in [0.1, 0.15) is 40.6 Å². The van der Waals surface area contributed by atoms with E-state index in [4.69, 9.17) is 13.9 Å². The monoisotopic (exact) mass is 445 g/mol. The molecule has 4 aromatic rings. The van der Waals surface area contributed by atoms with Crippen LogP contribution in [0.3, 0.4) is 0 Å². The Morgan fingerprint density at radius 2 is 2.00 bits per heavy atom. The topological polar surface area (TPSA) is 80.6 Å². The highest BCUT2D eigenvalue weighted by Crippen LogP contribution is 2.40. The molecule has 33 heavy (non-hydrogen) atoms. The minimum absolute atomic E-state index is 0.168. The van der Waals surface area contributed by atoms with E-state index < -0.39 is 0 Å². The van der Waals surface area contributed by atoms with Gasteiger partial charge in [0.2, 0.25) is 11.5 Å². The summed E-state index contributed by atoms with van der Waals surface area (Å²) in [7, 11) is 3.04. The van der Waals surface area contributed by atoms with Crippen LogP contribution in [0.5, 0.6) is 11.5 Å². The van der Waals surface area contributed by atoms with E-state index in [-0.39, 0.29) is 17.6 Å². The third kappa shape index (κ3) is 3.73. The first-order chi connectivity index (χ1) is 16.1. The Hall–Kier alpha value is -3.74. The molecular weight excluding hydrogens is 418 g/mol. The summed E-state index contributed by atoms with van der Waals surface area (Å²) in [5, 5.41) is 1.19. The van der Waals surface area contributed by atoms with Gasteiger partial charge < -0.3 is 23.8 Å². The van der Waals surface area contributed by atoms with E-state index in [1.807, 2.05) is 29.4 Å². The van der Waals surface area contributed by atoms with Crippen LogP contribution in [0.25, 0.3) is 22.0 Å². The smallest absolute Gasteiger partial charge is 0.293 e. The molecule has 0 radical (unpaired) electrons. The minimum Gasteiger partial charge on any atom is -0.490 e. The molecule has 1 atom stereocenters. The number of aromatic nitrogens is 2. The number of piperidine rings is 1. The summed E-state index contributed by atoms with van der Waals surface area (Å²) in [4.78, 5) is 23.0. The summed E-state index contributed by atoms with van der Waals surface area (Å²) >= 11 is 0. The van der Waals surface area contributed by atoms with Gasteiger partial charge in [-0.05, 0) is 49.6 Å². The molecule has 0 spiro atoms. The van der Waals surface area contributed by atoms with Crippen LogP contribution in [-0.2, 0) is 0 Å². The Morgan fingerprint density at radius 1 is 1.18 bits per heavy atom. The first-order valence-electron chi connectivity index (χ1n) is 11.1. The van der Waals surface area contributed by atoms with Crippen molar-refractivity contribution in [1.29, 1.82) is 0 Å². The molecule has 1 N–H and O–H groups in total. The van der Waals surface area contributed by atoms with Crippen molar-refractivity contribution in [2.24, 2.45) is 0 Å². The quantitative estimate of drug-likeness (QED) is 0.458. The zero-order chi connectivity index (χ0) is 22.9. The summed E-state index contributed by atoms with van der Waals surface area (Å²) in [6.45, 7) is 3.37. The number of amides is 1. The van der Waals surface area contributed by atoms with Crippen molar-refractivity contribution in [3.8, 4) is 22.6 Å². The van der Waals surface area contributed by atoms with E-state index in [0.29, 0.717) is 24.6 Å². The SMILES string of the molecule is COc1coc(C(=O)N2CCC[C@H](c3[nH]c4ccc(C)cc4c3-c3ccncc3)C2)c1OC. The van der Waals surface area contributed by atoms with Crippen LogP contribution in [0, 0.1) is 6.92 Å². The Kier molecular flexibility index (Phi) is 5.54. The zero-order valence-corrected chi connectivity index (χ0v) is 19.1. The summed E-state index contributed by atoms with van der Waals surface area (Å²) in [5.41, 5.74) is 5.78. The van der Waals surface area contributed by atoms with Crippen molar-refractivity contribution in [2.75, 3.05) is 27.3 Å². The molecule has 3 aromatic heterocycles. The summed E-state index contributed by atoms with van der Waals surface area (Å²) in [6, 6.07) is 10.5. The number of hydrogen-bond acceptors (Lipinski definition) is 5. The highest BCUT2D eigenvalue weighted by molar-refractivity contribution is 5.98. The summed E-state index contributed by atoms with van der Waals surface area (Å²) in [6.07, 6.45) is 6.95. The molecule has 1 amide bonds. The highest BCUT2D eigenvalue weighted by atomic mass is 16.5. The van der Waals surface area contributed by atoms with Gasteiger partial charge in [0.15, 0.2) is 5.75 Å². The van der Waals surface area contributed by atoms with Gasteiger partial charge in [0, 0.05) is 53.6 Å². The molecule has 7 heteroatoms. The minimum atomic E-state index is -0.183. The Labute approximate surface area is 192 Å². The van der Waals surface area contributed by atoms with Crippen LogP contribution in [0.15, 0.2) is 53.4 Å². The number of aryl methyl sites for hydroxylation is 1. The zero-order valence-electron chi connectivity index (χ0n) is 19.1. The van der Waals surface area contributed by atoms with Crippen LogP contribution in [0.4, 0.5) is 0 Å². The fraction of sp³-hybridized carbons (Fsp3) is 0.308. The van der Waals surface area contributed by atoms with Gasteiger partial charge in [-0.15, -0.1) is 0 Å². The lowest BCUT2D eigenvalue weighted by atomic mass is 9.89. The molecule has 0 saturated carbocycles. The van der Waals surface area contributed by atoms with Crippen LogP contribution in [-0.4, -0.2) is 48.1 Å². The van der Waals surface area contributed by atoms with Crippen molar-refractivity contribution >= 4 is 16.8 Å². The molecule has 5 rings (SSSR count). The molecular formula is C26H27N3O4. The molecule has 1 aliphatic rings. The maximum absolute atomic E-state index is 13.3. The number of rotatable bonds is 5. The molecule has 0 bridgehead atoms. The van der Waals surface area contributed by atoms with Crippen LogP contribution >= 0.6 is 0 Å². The van der Waals surface area contributed by atoms with Crippen molar-refractivity contribution in [3.05, 3.63) is 66.0 Å². The van der Waals surface area contributed by atoms with Gasteiger partial charge >= 0.3 is 0 Å². The van der Waals surface area contributed by atoms with E-state index in [1.165, 1.54) is 37.0 Å². The lowest BCUT2D eigenvalue weighted by molar-refractivity contribution is 0.0669. The molecule has 0 aliphatic carbocycles. The number of furan rings is 1. The number of carbonyl (C=O) groups excluding carboxylic acids is 1. The number of aromatic amines is 1. The second kappa shape index (κ2) is 8.65. The number of hydrogen-bond donors (Lipinski definition) is 1. The third-order valence-corrected chi connectivity index (χ3v) is 6.40. The van der Waals surface area contributed by atoms with Gasteiger partial charge in [-0.25, -0.2) is 0 Å². The van der Waals surface area contributed by atoms with Crippen molar-refractivity contribution < 1.29 is 18.7 Å². The second-order valence-electron chi connectivity index (χ2n) is 8.46. The maximum atomic E-state index is 13.3. The normalized spacial score (nSPS) is 16.2. The first kappa shape index (κ1) is 21.1. The Bertz CT molecular complexity index is 1290. The number of carbonyl (C=O) groups is 1. The average Bonchev–Trinajstić information content (AvgIpc) is 3.45. The molecule has 0 unspecified atom stereocenters. The number of methoxy groups -OCH3 is 2. The van der Waals surface area contributed by atoms with E-state index in [9.17, 15) is 4.79 Å². The van der Waals surface area contributed by atoms with Gasteiger partial charge in [-0.2, -0.15) is 0 Å². The molecule has 1 aromatic carbocycles. The third-order valence-electron chi connectivity index (χ3n) is 6.40. The predicted octanol–water partition coefficient (Wildman–Crippen LogP) is 5.17. The van der Waals surface area contributed by atoms with Gasteiger partial charge in [-0.3, -0.25) is 9.78 Å². The van der Waals surface area contributed by atoms with Crippen molar-refractivity contribution in [2.45, 2.75) is 25.7 Å². The molecule has 1 aliphatic heterocycles. The van der Waals surface area contributed by atoms with Gasteiger partial charge in [0.25, 0.3) is 5.91 Å². The number of benzene rings is 1. The average molecular weight is 446 g/mol. The number of H-pyrrole nitrogens is 1. The predicted molar refractivity (Wildman–Crippen MR) is 126 cm³/mol. The number of likely N-dealkylation sites (tertiary alicyclic amines) is 1. The van der Waals surface area contributed by atoms with E-state index in [0.717, 1.165) is 29.6 Å². The summed E-state index contributed by atoms with van der Waals surface area (Å²) in [5.74, 6) is 0.916. The molecule has 7 nitrogen and oxygen atoms in total. The number of ether oxygens (including phenoxy) is 2. The van der Waals surface area contributed by atoms with E-state index in [1.54, 1.807) is 0 Å². The second-order valence-corrected chi connectivity index (χ2v) is 8.46. The standard InChI is InChI=1S/C26H27N3O4/c1-16-6-7-20-19(13-16)22(17-8-10-27-11-9-17)23(28-20)18-5-4-12-29(14-18)26(30)25-24(32-3)21(31-2)15-33-25/h6-11,13,15,18,28H,4-5,12,14H2,1-3H3/t18-/m0/s1. The van der Waals surface area contributed by atoms with Crippen molar-refractivity contribution in [3.63, 3.8) is 0 Å². The van der Waals surface area contributed by atoms with Crippen molar-refractivity contribution in [1.82, 2.24) is 14.9 Å². The number of pyridine rings is 1. The van der Waals surface area contributed by atoms with Crippen LogP contribution < -0.4 is 9.47 Å². The fourth-order valence-corrected chi connectivity index (χ4v) is 4.82. The fourth-order valence-electron chi connectivity index (χ4n) is 4.82. The van der Waals surface area contributed by atoms with Gasteiger partial charge in [0.05, 0.1) is 14.2 Å². The van der Waals surface area contributed by atoms with Crippen LogP contribution in [0.2, 0.25) is 0 Å². The maximum Gasteiger partial charge on any atom is 0.293 e. The highest BCUT2D eigenvalue weighted by Gasteiger charge is 2.32. The number of fused-ring (bicyclic) bond motifs is 1. The van der Waals surface area contributed by atoms with Gasteiger partial charge in [0.1, 0.15) is 6.26 Å². The summed E-state index contributed by atoms with van der Waals surface area (Å²) < 4.78 is 16.2. The Morgan fingerprint density at radius 3 is 2.76 bits per heavy atom. The lowest BCUT2D eigenvalue weighted by Crippen LogP contribution is -2.39. The van der Waals surface area contributed by atoms with E-state index in [2.05, 4.69) is 35.1 Å². The van der Waals surface area contributed by atoms with Gasteiger partial charge in [-0.1, -0.05) is 11.6 Å². The Balaban J connectivity index is 1.52. The number of nitrogens with one attached hydrogen (secondary N) is 1. The lowest BCUT2D eigenvalue weighted by Gasteiger charge is -2.32. The van der Waals surface area contributed by atoms with E-state index >= 15 is 0 Å². The molecule has 170 valence electrons. The molecule has 4 heterocycles. The largest absolute Gasteiger partial charge is 0.490 e. The number of nitrogens with zero attached hydrogens (tertiary/aromatic N) is 2. The molecule has 1 fully saturated rings. The molecule has 1 saturated heterocycles. The first-order valence-corrected chi connectivity index (χ1v) is 11.1.